The van der Waals surface area contributed by atoms with E-state index in [1.807, 2.05) is 26.0 Å². The van der Waals surface area contributed by atoms with Crippen LogP contribution in [0.15, 0.2) is 24.3 Å². The molecular formula is C13H10Cl3N3. The summed E-state index contributed by atoms with van der Waals surface area (Å²) >= 11 is 16.8. The predicted octanol–water partition coefficient (Wildman–Crippen LogP) is 4.61. The summed E-state index contributed by atoms with van der Waals surface area (Å²) in [7, 11) is 0. The fourth-order valence-electron chi connectivity index (χ4n) is 1.13. The third kappa shape index (κ3) is 5.04. The summed E-state index contributed by atoms with van der Waals surface area (Å²) in [6, 6.07) is 8.87. The van der Waals surface area contributed by atoms with Crippen LogP contribution in [0.1, 0.15) is 17.1 Å². The van der Waals surface area contributed by atoms with E-state index in [0.29, 0.717) is 20.9 Å². The van der Waals surface area contributed by atoms with E-state index < -0.39 is 0 Å². The van der Waals surface area contributed by atoms with E-state index in [2.05, 4.69) is 9.97 Å². The average molecular weight is 315 g/mol. The van der Waals surface area contributed by atoms with Gasteiger partial charge in [-0.15, -0.1) is 0 Å². The summed E-state index contributed by atoms with van der Waals surface area (Å²) < 4.78 is 0. The average Bonchev–Trinajstić information content (AvgIpc) is 2.38. The summed E-state index contributed by atoms with van der Waals surface area (Å²) in [5.41, 5.74) is 1.98. The van der Waals surface area contributed by atoms with E-state index in [4.69, 9.17) is 40.1 Å². The molecule has 6 heteroatoms. The molecule has 0 aliphatic rings. The number of nitrogens with zero attached hydrogens (tertiary/aromatic N) is 3. The number of aromatic nitrogens is 2. The van der Waals surface area contributed by atoms with Crippen molar-refractivity contribution in [2.75, 3.05) is 0 Å². The highest BCUT2D eigenvalue weighted by Crippen LogP contribution is 2.18. The topological polar surface area (TPSA) is 49.6 Å². The van der Waals surface area contributed by atoms with Crippen molar-refractivity contribution in [1.82, 2.24) is 9.97 Å². The summed E-state index contributed by atoms with van der Waals surface area (Å²) in [4.78, 5) is 7.80. The molecule has 19 heavy (non-hydrogen) atoms. The number of hydrogen-bond donors (Lipinski definition) is 0. The maximum absolute atomic E-state index is 8.45. The van der Waals surface area contributed by atoms with Crippen LogP contribution in [0.3, 0.4) is 0 Å². The molecule has 2 aromatic heterocycles. The van der Waals surface area contributed by atoms with Gasteiger partial charge < -0.3 is 0 Å². The van der Waals surface area contributed by atoms with Gasteiger partial charge in [0.05, 0.1) is 10.0 Å². The quantitative estimate of drug-likeness (QED) is 0.667. The molecule has 0 aliphatic carbocycles. The molecule has 0 aliphatic heterocycles. The van der Waals surface area contributed by atoms with Crippen molar-refractivity contribution in [2.45, 2.75) is 13.8 Å². The van der Waals surface area contributed by atoms with Crippen LogP contribution >= 0.6 is 34.8 Å². The van der Waals surface area contributed by atoms with Gasteiger partial charge in [-0.3, -0.25) is 0 Å². The number of aryl methyl sites for hydroxylation is 2. The first kappa shape index (κ1) is 15.7. The van der Waals surface area contributed by atoms with Gasteiger partial charge >= 0.3 is 0 Å². The van der Waals surface area contributed by atoms with Crippen LogP contribution in [0.2, 0.25) is 15.2 Å². The minimum absolute atomic E-state index is 0.293. The molecule has 0 saturated heterocycles. The minimum atomic E-state index is 0.293. The normalized spacial score (nSPS) is 9.26. The molecule has 0 amide bonds. The van der Waals surface area contributed by atoms with Gasteiger partial charge in [0.25, 0.3) is 0 Å². The fourth-order valence-corrected chi connectivity index (χ4v) is 1.58. The highest BCUT2D eigenvalue weighted by Gasteiger charge is 1.98. The number of pyridine rings is 2. The molecule has 0 unspecified atom stereocenters. The SMILES string of the molecule is Cc1ccc(Cl)c(C#N)n1.Cc1ccc(Cl)c(Cl)n1. The Morgan fingerprint density at radius 2 is 1.42 bits per heavy atom. The Balaban J connectivity index is 0.000000191. The lowest BCUT2D eigenvalue weighted by Gasteiger charge is -1.93. The van der Waals surface area contributed by atoms with Gasteiger partial charge in [-0.25, -0.2) is 9.97 Å². The molecule has 98 valence electrons. The first-order valence-corrected chi connectivity index (χ1v) is 6.39. The molecule has 0 atom stereocenters. The highest BCUT2D eigenvalue weighted by atomic mass is 35.5. The Bertz CT molecular complexity index is 621. The van der Waals surface area contributed by atoms with Crippen molar-refractivity contribution in [3.63, 3.8) is 0 Å². The maximum Gasteiger partial charge on any atom is 0.159 e. The van der Waals surface area contributed by atoms with E-state index in [0.717, 1.165) is 11.4 Å². The second-order valence-electron chi connectivity index (χ2n) is 3.62. The van der Waals surface area contributed by atoms with Crippen molar-refractivity contribution in [3.8, 4) is 6.07 Å². The number of halogens is 3. The van der Waals surface area contributed by atoms with Crippen LogP contribution in [-0.2, 0) is 0 Å². The molecule has 0 spiro atoms. The van der Waals surface area contributed by atoms with Crippen molar-refractivity contribution in [3.05, 3.63) is 56.5 Å². The lowest BCUT2D eigenvalue weighted by molar-refractivity contribution is 1.17. The van der Waals surface area contributed by atoms with Gasteiger partial charge in [-0.05, 0) is 38.1 Å². The molecule has 2 aromatic rings. The summed E-state index contributed by atoms with van der Waals surface area (Å²) in [5, 5.41) is 9.73. The third-order valence-electron chi connectivity index (χ3n) is 2.03. The molecule has 2 rings (SSSR count). The first-order valence-electron chi connectivity index (χ1n) is 5.26. The lowest BCUT2D eigenvalue weighted by atomic mass is 10.3. The van der Waals surface area contributed by atoms with Gasteiger partial charge in [0.2, 0.25) is 0 Å². The molecule has 0 bridgehead atoms. The van der Waals surface area contributed by atoms with E-state index >= 15 is 0 Å². The first-order chi connectivity index (χ1) is 8.93. The van der Waals surface area contributed by atoms with Crippen molar-refractivity contribution in [2.24, 2.45) is 0 Å². The van der Waals surface area contributed by atoms with Crippen LogP contribution in [0.4, 0.5) is 0 Å². The van der Waals surface area contributed by atoms with E-state index in [-0.39, 0.29) is 0 Å². The Labute approximate surface area is 126 Å². The van der Waals surface area contributed by atoms with Crippen molar-refractivity contribution in [1.29, 1.82) is 5.26 Å². The van der Waals surface area contributed by atoms with Crippen LogP contribution < -0.4 is 0 Å². The van der Waals surface area contributed by atoms with Gasteiger partial charge in [0.15, 0.2) is 5.69 Å². The Morgan fingerprint density at radius 1 is 0.895 bits per heavy atom. The summed E-state index contributed by atoms with van der Waals surface area (Å²) in [5.74, 6) is 0. The van der Waals surface area contributed by atoms with E-state index in [1.54, 1.807) is 18.2 Å². The lowest BCUT2D eigenvalue weighted by Crippen LogP contribution is -1.86. The molecule has 0 N–H and O–H groups in total. The van der Waals surface area contributed by atoms with Crippen molar-refractivity contribution < 1.29 is 0 Å². The monoisotopic (exact) mass is 313 g/mol. The molecular weight excluding hydrogens is 305 g/mol. The summed E-state index contributed by atoms with van der Waals surface area (Å²) in [6.45, 7) is 3.68. The molecule has 0 fully saturated rings. The largest absolute Gasteiger partial charge is 0.241 e. The van der Waals surface area contributed by atoms with E-state index in [1.165, 1.54) is 0 Å². The van der Waals surface area contributed by atoms with Gasteiger partial charge in [0.1, 0.15) is 11.2 Å². The molecule has 2 heterocycles. The second kappa shape index (κ2) is 7.30. The van der Waals surface area contributed by atoms with Crippen LogP contribution in [0.25, 0.3) is 0 Å². The predicted molar refractivity (Wildman–Crippen MR) is 77.7 cm³/mol. The Morgan fingerprint density at radius 3 is 1.84 bits per heavy atom. The van der Waals surface area contributed by atoms with Gasteiger partial charge in [-0.2, -0.15) is 5.26 Å². The Hall–Kier alpha value is -1.34. The molecule has 3 nitrogen and oxygen atoms in total. The fraction of sp³-hybridized carbons (Fsp3) is 0.154. The molecule has 0 radical (unpaired) electrons. The van der Waals surface area contributed by atoms with Gasteiger partial charge in [0, 0.05) is 11.4 Å². The second-order valence-corrected chi connectivity index (χ2v) is 4.79. The third-order valence-corrected chi connectivity index (χ3v) is 3.03. The minimum Gasteiger partial charge on any atom is -0.241 e. The van der Waals surface area contributed by atoms with Crippen LogP contribution in [-0.4, -0.2) is 9.97 Å². The smallest absolute Gasteiger partial charge is 0.159 e. The number of hydrogen-bond acceptors (Lipinski definition) is 3. The standard InChI is InChI=1S/C7H5ClN2.C6H5Cl2N/c1-5-2-3-6(8)7(4-9)10-5;1-4-2-3-5(7)6(8)9-4/h2-3H,1H3;2-3H,1H3. The zero-order valence-electron chi connectivity index (χ0n) is 10.3. The zero-order chi connectivity index (χ0) is 14.4. The molecule has 0 saturated carbocycles. The van der Waals surface area contributed by atoms with Crippen LogP contribution in [0.5, 0.6) is 0 Å². The maximum atomic E-state index is 8.45. The number of rotatable bonds is 0. The van der Waals surface area contributed by atoms with Crippen molar-refractivity contribution >= 4 is 34.8 Å². The highest BCUT2D eigenvalue weighted by molar-refractivity contribution is 6.41. The number of nitriles is 1. The zero-order valence-corrected chi connectivity index (χ0v) is 12.6. The summed E-state index contributed by atoms with van der Waals surface area (Å²) in [6.07, 6.45) is 0. The van der Waals surface area contributed by atoms with E-state index in [9.17, 15) is 0 Å². The van der Waals surface area contributed by atoms with Crippen LogP contribution in [0, 0.1) is 25.2 Å². The Kier molecular flexibility index (Phi) is 6.04. The molecule has 0 aromatic carbocycles. The van der Waals surface area contributed by atoms with Gasteiger partial charge in [-0.1, -0.05) is 34.8 Å².